The van der Waals surface area contributed by atoms with Gasteiger partial charge in [-0.3, -0.25) is 9.59 Å². The highest BCUT2D eigenvalue weighted by atomic mass is 16.7. The molecule has 1 atom stereocenters. The standard InChI is InChI=1S/C21H23NO6/c1-14-3-6-17(7-4-14)25-10-9-20(23)28-15(2)21(24)22-12-16-5-8-18-19(11-16)27-13-26-18/h3-8,11,15H,9-10,12-13H2,1-2H3,(H,22,24)/t15-/m0/s1. The average molecular weight is 385 g/mol. The van der Waals surface area contributed by atoms with Gasteiger partial charge >= 0.3 is 5.97 Å². The van der Waals surface area contributed by atoms with E-state index in [2.05, 4.69) is 5.32 Å². The van der Waals surface area contributed by atoms with Crippen molar-refractivity contribution in [3.8, 4) is 17.2 Å². The smallest absolute Gasteiger partial charge is 0.310 e. The molecule has 0 aliphatic carbocycles. The molecule has 7 heteroatoms. The zero-order valence-corrected chi connectivity index (χ0v) is 15.9. The summed E-state index contributed by atoms with van der Waals surface area (Å²) in [6, 6.07) is 13.0. The number of hydrogen-bond acceptors (Lipinski definition) is 6. The molecule has 0 aromatic heterocycles. The number of hydrogen-bond donors (Lipinski definition) is 1. The SMILES string of the molecule is Cc1ccc(OCCC(=O)O[C@@H](C)C(=O)NCc2ccc3c(c2)OCO3)cc1. The molecule has 2 aromatic carbocycles. The minimum atomic E-state index is -0.888. The van der Waals surface area contributed by atoms with Crippen molar-refractivity contribution in [2.24, 2.45) is 0 Å². The van der Waals surface area contributed by atoms with Crippen LogP contribution < -0.4 is 19.5 Å². The van der Waals surface area contributed by atoms with Gasteiger partial charge in [-0.1, -0.05) is 23.8 Å². The fourth-order valence-electron chi connectivity index (χ4n) is 2.58. The zero-order chi connectivity index (χ0) is 19.9. The van der Waals surface area contributed by atoms with Crippen LogP contribution in [0.25, 0.3) is 0 Å². The molecule has 2 aromatic rings. The second kappa shape index (κ2) is 9.12. The number of benzene rings is 2. The first-order valence-corrected chi connectivity index (χ1v) is 9.06. The summed E-state index contributed by atoms with van der Waals surface area (Å²) >= 11 is 0. The van der Waals surface area contributed by atoms with Crippen LogP contribution in [0, 0.1) is 6.92 Å². The number of ether oxygens (including phenoxy) is 4. The predicted octanol–water partition coefficient (Wildman–Crippen LogP) is 2.74. The first kappa shape index (κ1) is 19.5. The summed E-state index contributed by atoms with van der Waals surface area (Å²) < 4.78 is 21.2. The fraction of sp³-hybridized carbons (Fsp3) is 0.333. The third kappa shape index (κ3) is 5.39. The summed E-state index contributed by atoms with van der Waals surface area (Å²) in [5.74, 6) is 1.17. The van der Waals surface area contributed by atoms with E-state index in [0.717, 1.165) is 11.1 Å². The maximum Gasteiger partial charge on any atom is 0.310 e. The molecule has 0 fully saturated rings. The van der Waals surface area contributed by atoms with E-state index in [1.54, 1.807) is 6.07 Å². The number of carbonyl (C=O) groups excluding carboxylic acids is 2. The van der Waals surface area contributed by atoms with Crippen molar-refractivity contribution in [2.45, 2.75) is 32.9 Å². The Morgan fingerprint density at radius 2 is 1.86 bits per heavy atom. The number of aryl methyl sites for hydroxylation is 1. The zero-order valence-electron chi connectivity index (χ0n) is 15.9. The molecule has 0 spiro atoms. The molecular formula is C21H23NO6. The summed E-state index contributed by atoms with van der Waals surface area (Å²) in [6.45, 7) is 4.21. The van der Waals surface area contributed by atoms with E-state index in [1.807, 2.05) is 43.3 Å². The molecule has 1 aliphatic heterocycles. The van der Waals surface area contributed by atoms with Crippen LogP contribution in [0.5, 0.6) is 17.2 Å². The molecule has 0 radical (unpaired) electrons. The Labute approximate surface area is 163 Å². The van der Waals surface area contributed by atoms with Crippen molar-refractivity contribution >= 4 is 11.9 Å². The molecule has 1 N–H and O–H groups in total. The number of fused-ring (bicyclic) bond motifs is 1. The van der Waals surface area contributed by atoms with Crippen molar-refractivity contribution in [2.75, 3.05) is 13.4 Å². The Morgan fingerprint density at radius 3 is 2.64 bits per heavy atom. The first-order chi connectivity index (χ1) is 13.5. The highest BCUT2D eigenvalue weighted by molar-refractivity contribution is 5.83. The van der Waals surface area contributed by atoms with Gasteiger partial charge in [-0.2, -0.15) is 0 Å². The number of nitrogens with one attached hydrogen (secondary N) is 1. The molecule has 1 aliphatic rings. The van der Waals surface area contributed by atoms with E-state index in [1.165, 1.54) is 6.92 Å². The lowest BCUT2D eigenvalue weighted by molar-refractivity contribution is -0.155. The van der Waals surface area contributed by atoms with Crippen molar-refractivity contribution < 1.29 is 28.5 Å². The summed E-state index contributed by atoms with van der Waals surface area (Å²) in [4.78, 5) is 24.0. The van der Waals surface area contributed by atoms with Crippen LogP contribution in [0.2, 0.25) is 0 Å². The van der Waals surface area contributed by atoms with Gasteiger partial charge in [0.05, 0.1) is 13.0 Å². The van der Waals surface area contributed by atoms with E-state index in [-0.39, 0.29) is 25.7 Å². The van der Waals surface area contributed by atoms with E-state index in [4.69, 9.17) is 18.9 Å². The van der Waals surface area contributed by atoms with Gasteiger partial charge in [-0.25, -0.2) is 0 Å². The van der Waals surface area contributed by atoms with Crippen LogP contribution in [-0.2, 0) is 20.9 Å². The maximum atomic E-state index is 12.1. The molecule has 0 bridgehead atoms. The second-order valence-electron chi connectivity index (χ2n) is 6.45. The van der Waals surface area contributed by atoms with Crippen LogP contribution in [0.15, 0.2) is 42.5 Å². The van der Waals surface area contributed by atoms with E-state index < -0.39 is 12.1 Å². The van der Waals surface area contributed by atoms with Gasteiger partial charge in [0.15, 0.2) is 17.6 Å². The molecule has 3 rings (SSSR count). The lowest BCUT2D eigenvalue weighted by Gasteiger charge is -2.14. The third-order valence-electron chi connectivity index (χ3n) is 4.18. The molecule has 148 valence electrons. The van der Waals surface area contributed by atoms with Crippen LogP contribution in [-0.4, -0.2) is 31.4 Å². The fourth-order valence-corrected chi connectivity index (χ4v) is 2.58. The Balaban J connectivity index is 1.37. The number of esters is 1. The largest absolute Gasteiger partial charge is 0.493 e. The number of carbonyl (C=O) groups is 2. The van der Waals surface area contributed by atoms with Gasteiger partial charge in [-0.15, -0.1) is 0 Å². The van der Waals surface area contributed by atoms with Crippen molar-refractivity contribution in [3.05, 3.63) is 53.6 Å². The average Bonchev–Trinajstić information content (AvgIpc) is 3.15. The monoisotopic (exact) mass is 385 g/mol. The van der Waals surface area contributed by atoms with Crippen LogP contribution in [0.3, 0.4) is 0 Å². The Kier molecular flexibility index (Phi) is 6.37. The summed E-state index contributed by atoms with van der Waals surface area (Å²) in [5.41, 5.74) is 2.00. The number of amides is 1. The van der Waals surface area contributed by atoms with E-state index in [0.29, 0.717) is 23.8 Å². The highest BCUT2D eigenvalue weighted by Crippen LogP contribution is 2.32. The van der Waals surface area contributed by atoms with Gasteiger partial charge in [0, 0.05) is 6.54 Å². The summed E-state index contributed by atoms with van der Waals surface area (Å²) in [6.07, 6.45) is -0.825. The molecule has 0 unspecified atom stereocenters. The highest BCUT2D eigenvalue weighted by Gasteiger charge is 2.18. The lowest BCUT2D eigenvalue weighted by atomic mass is 10.2. The molecular weight excluding hydrogens is 362 g/mol. The van der Waals surface area contributed by atoms with E-state index in [9.17, 15) is 9.59 Å². The van der Waals surface area contributed by atoms with Crippen LogP contribution in [0.4, 0.5) is 0 Å². The van der Waals surface area contributed by atoms with Gasteiger partial charge in [-0.05, 0) is 43.7 Å². The Morgan fingerprint density at radius 1 is 1.11 bits per heavy atom. The quantitative estimate of drug-likeness (QED) is 0.704. The van der Waals surface area contributed by atoms with Gasteiger partial charge in [0.1, 0.15) is 5.75 Å². The maximum absolute atomic E-state index is 12.1. The second-order valence-corrected chi connectivity index (χ2v) is 6.45. The van der Waals surface area contributed by atoms with Crippen LogP contribution in [0.1, 0.15) is 24.5 Å². The van der Waals surface area contributed by atoms with Gasteiger partial charge in [0.2, 0.25) is 6.79 Å². The minimum absolute atomic E-state index is 0.0632. The van der Waals surface area contributed by atoms with Crippen molar-refractivity contribution in [1.82, 2.24) is 5.32 Å². The molecule has 1 amide bonds. The van der Waals surface area contributed by atoms with Crippen LogP contribution >= 0.6 is 0 Å². The predicted molar refractivity (Wildman–Crippen MR) is 101 cm³/mol. The molecule has 1 heterocycles. The van der Waals surface area contributed by atoms with Crippen molar-refractivity contribution in [3.63, 3.8) is 0 Å². The van der Waals surface area contributed by atoms with Gasteiger partial charge in [0.25, 0.3) is 5.91 Å². The Hall–Kier alpha value is -3.22. The van der Waals surface area contributed by atoms with Gasteiger partial charge < -0.3 is 24.3 Å². The molecule has 0 saturated heterocycles. The minimum Gasteiger partial charge on any atom is -0.493 e. The lowest BCUT2D eigenvalue weighted by Crippen LogP contribution is -2.35. The topological polar surface area (TPSA) is 83.1 Å². The normalized spacial score (nSPS) is 12.9. The summed E-state index contributed by atoms with van der Waals surface area (Å²) in [7, 11) is 0. The third-order valence-corrected chi connectivity index (χ3v) is 4.18. The Bertz CT molecular complexity index is 833. The van der Waals surface area contributed by atoms with Crippen molar-refractivity contribution in [1.29, 1.82) is 0 Å². The molecule has 28 heavy (non-hydrogen) atoms. The summed E-state index contributed by atoms with van der Waals surface area (Å²) in [5, 5.41) is 2.74. The number of rotatable bonds is 8. The first-order valence-electron chi connectivity index (χ1n) is 9.06. The van der Waals surface area contributed by atoms with E-state index >= 15 is 0 Å². The molecule has 0 saturated carbocycles. The molecule has 7 nitrogen and oxygen atoms in total.